The predicted molar refractivity (Wildman–Crippen MR) is 45.6 cm³/mol. The minimum atomic E-state index is -0.509. The molecular formula is C8H20O3. The monoisotopic (exact) mass is 164 g/mol. The van der Waals surface area contributed by atoms with E-state index in [4.69, 9.17) is 14.9 Å². The van der Waals surface area contributed by atoms with Gasteiger partial charge >= 0.3 is 0 Å². The number of rotatable bonds is 4. The Bertz CT molecular complexity index is 51.3. The van der Waals surface area contributed by atoms with Crippen LogP contribution in [-0.4, -0.2) is 36.1 Å². The zero-order chi connectivity index (χ0) is 9.11. The molecule has 0 aromatic heterocycles. The average Bonchev–Trinajstić information content (AvgIpc) is 2.06. The largest absolute Gasteiger partial charge is 0.394 e. The number of aliphatic hydroxyl groups excluding tert-OH is 2. The smallest absolute Gasteiger partial charge is 0.0768 e. The predicted octanol–water partition coefficient (Wildman–Crippen LogP) is 0.792. The van der Waals surface area contributed by atoms with Crippen molar-refractivity contribution in [2.24, 2.45) is 0 Å². The number of hydrogen-bond acceptors (Lipinski definition) is 3. The van der Waals surface area contributed by atoms with Crippen molar-refractivity contribution in [3.05, 3.63) is 0 Å². The van der Waals surface area contributed by atoms with Gasteiger partial charge in [0, 0.05) is 13.2 Å². The third kappa shape index (κ3) is 17.7. The molecule has 0 aliphatic rings. The molecule has 0 amide bonds. The van der Waals surface area contributed by atoms with Gasteiger partial charge in [0.05, 0.1) is 12.7 Å². The van der Waals surface area contributed by atoms with E-state index >= 15 is 0 Å². The summed E-state index contributed by atoms with van der Waals surface area (Å²) < 4.78 is 4.83. The number of ether oxygens (including phenoxy) is 1. The Morgan fingerprint density at radius 1 is 1.18 bits per heavy atom. The highest BCUT2D eigenvalue weighted by molar-refractivity contribution is 4.43. The maximum absolute atomic E-state index is 8.42. The first kappa shape index (κ1) is 13.5. The van der Waals surface area contributed by atoms with Crippen LogP contribution in [0.5, 0.6) is 0 Å². The molecule has 0 fully saturated rings. The van der Waals surface area contributed by atoms with Crippen LogP contribution in [0.2, 0.25) is 0 Å². The molecule has 0 heterocycles. The Kier molecular flexibility index (Phi) is 15.4. The van der Waals surface area contributed by atoms with Gasteiger partial charge in [-0.1, -0.05) is 6.92 Å². The van der Waals surface area contributed by atoms with Gasteiger partial charge in [0.2, 0.25) is 0 Å². The van der Waals surface area contributed by atoms with Crippen LogP contribution in [0.3, 0.4) is 0 Å². The van der Waals surface area contributed by atoms with Crippen LogP contribution < -0.4 is 0 Å². The van der Waals surface area contributed by atoms with Crippen LogP contribution in [0.15, 0.2) is 0 Å². The lowest BCUT2D eigenvalue weighted by Gasteiger charge is -1.97. The van der Waals surface area contributed by atoms with Crippen LogP contribution >= 0.6 is 0 Å². The average molecular weight is 164 g/mol. The summed E-state index contributed by atoms with van der Waals surface area (Å²) in [5.41, 5.74) is 0. The molecule has 0 aromatic carbocycles. The summed E-state index contributed by atoms with van der Waals surface area (Å²) in [6, 6.07) is 0. The second kappa shape index (κ2) is 12.5. The van der Waals surface area contributed by atoms with Gasteiger partial charge in [0.1, 0.15) is 0 Å². The SMILES string of the molecule is CCC(O)CO.CCOCC. The van der Waals surface area contributed by atoms with Gasteiger partial charge in [-0.3, -0.25) is 0 Å². The van der Waals surface area contributed by atoms with Gasteiger partial charge in [-0.25, -0.2) is 0 Å². The number of aliphatic hydroxyl groups is 2. The van der Waals surface area contributed by atoms with Crippen molar-refractivity contribution in [3.8, 4) is 0 Å². The highest BCUT2D eigenvalue weighted by atomic mass is 16.5. The van der Waals surface area contributed by atoms with E-state index in [1.54, 1.807) is 0 Å². The van der Waals surface area contributed by atoms with Gasteiger partial charge < -0.3 is 14.9 Å². The molecule has 3 heteroatoms. The minimum Gasteiger partial charge on any atom is -0.394 e. The first-order valence-electron chi connectivity index (χ1n) is 4.09. The lowest BCUT2D eigenvalue weighted by Crippen LogP contribution is -2.08. The van der Waals surface area contributed by atoms with Gasteiger partial charge in [-0.15, -0.1) is 0 Å². The lowest BCUT2D eigenvalue weighted by atomic mass is 10.3. The third-order valence-corrected chi connectivity index (χ3v) is 1.09. The Labute approximate surface area is 69.0 Å². The van der Waals surface area contributed by atoms with E-state index in [1.807, 2.05) is 20.8 Å². The van der Waals surface area contributed by atoms with Crippen LogP contribution in [-0.2, 0) is 4.74 Å². The third-order valence-electron chi connectivity index (χ3n) is 1.09. The molecule has 0 saturated heterocycles. The Morgan fingerprint density at radius 3 is 1.64 bits per heavy atom. The zero-order valence-electron chi connectivity index (χ0n) is 7.71. The van der Waals surface area contributed by atoms with E-state index in [9.17, 15) is 0 Å². The summed E-state index contributed by atoms with van der Waals surface area (Å²) >= 11 is 0. The Hall–Kier alpha value is -0.120. The molecule has 2 N–H and O–H groups in total. The summed E-state index contributed by atoms with van der Waals surface area (Å²) in [5, 5.41) is 16.5. The second-order valence-electron chi connectivity index (χ2n) is 2.03. The topological polar surface area (TPSA) is 49.7 Å². The van der Waals surface area contributed by atoms with E-state index in [1.165, 1.54) is 0 Å². The molecule has 0 rings (SSSR count). The fourth-order valence-corrected chi connectivity index (χ4v) is 0.333. The van der Waals surface area contributed by atoms with Crippen molar-refractivity contribution in [1.82, 2.24) is 0 Å². The molecule has 70 valence electrons. The highest BCUT2D eigenvalue weighted by Gasteiger charge is 1.92. The van der Waals surface area contributed by atoms with E-state index in [0.717, 1.165) is 13.2 Å². The molecule has 0 aliphatic carbocycles. The van der Waals surface area contributed by atoms with E-state index in [0.29, 0.717) is 6.42 Å². The first-order chi connectivity index (χ1) is 5.22. The molecule has 0 bridgehead atoms. The maximum atomic E-state index is 8.42. The van der Waals surface area contributed by atoms with Crippen molar-refractivity contribution in [3.63, 3.8) is 0 Å². The molecule has 0 radical (unpaired) electrons. The summed E-state index contributed by atoms with van der Waals surface area (Å²) in [4.78, 5) is 0. The summed E-state index contributed by atoms with van der Waals surface area (Å²) in [5.74, 6) is 0. The van der Waals surface area contributed by atoms with Crippen molar-refractivity contribution in [1.29, 1.82) is 0 Å². The summed E-state index contributed by atoms with van der Waals surface area (Å²) in [6.07, 6.45) is 0.126. The molecule has 1 atom stereocenters. The Morgan fingerprint density at radius 2 is 1.64 bits per heavy atom. The molecule has 1 unspecified atom stereocenters. The summed E-state index contributed by atoms with van der Waals surface area (Å²) in [6.45, 7) is 7.37. The van der Waals surface area contributed by atoms with Crippen LogP contribution in [0.4, 0.5) is 0 Å². The Balaban J connectivity index is 0. The van der Waals surface area contributed by atoms with E-state index in [-0.39, 0.29) is 6.61 Å². The van der Waals surface area contributed by atoms with Crippen molar-refractivity contribution in [2.45, 2.75) is 33.3 Å². The second-order valence-corrected chi connectivity index (χ2v) is 2.03. The fraction of sp³-hybridized carbons (Fsp3) is 1.00. The van der Waals surface area contributed by atoms with Gasteiger partial charge in [0.25, 0.3) is 0 Å². The maximum Gasteiger partial charge on any atom is 0.0768 e. The zero-order valence-corrected chi connectivity index (χ0v) is 7.71. The number of hydrogen-bond donors (Lipinski definition) is 2. The van der Waals surface area contributed by atoms with E-state index < -0.39 is 6.10 Å². The van der Waals surface area contributed by atoms with Gasteiger partial charge in [0.15, 0.2) is 0 Å². The van der Waals surface area contributed by atoms with Crippen LogP contribution in [0.1, 0.15) is 27.2 Å². The van der Waals surface area contributed by atoms with Crippen molar-refractivity contribution in [2.75, 3.05) is 19.8 Å². The van der Waals surface area contributed by atoms with Gasteiger partial charge in [-0.2, -0.15) is 0 Å². The molecule has 3 nitrogen and oxygen atoms in total. The molecule has 0 saturated carbocycles. The summed E-state index contributed by atoms with van der Waals surface area (Å²) in [7, 11) is 0. The quantitative estimate of drug-likeness (QED) is 0.646. The first-order valence-corrected chi connectivity index (χ1v) is 4.09. The molecule has 0 aromatic rings. The minimum absolute atomic E-state index is 0.115. The lowest BCUT2D eigenvalue weighted by molar-refractivity contribution is 0.0923. The van der Waals surface area contributed by atoms with Crippen LogP contribution in [0, 0.1) is 0 Å². The van der Waals surface area contributed by atoms with Crippen molar-refractivity contribution < 1.29 is 14.9 Å². The molecule has 0 spiro atoms. The molecule has 11 heavy (non-hydrogen) atoms. The molecule has 0 aliphatic heterocycles. The molecular weight excluding hydrogens is 144 g/mol. The standard InChI is InChI=1S/C4H10O2.C4H10O/c1-2-4(6)3-5;1-3-5-4-2/h4-6H,2-3H2,1H3;3-4H2,1-2H3. The van der Waals surface area contributed by atoms with Gasteiger partial charge in [-0.05, 0) is 20.3 Å². The fourth-order valence-electron chi connectivity index (χ4n) is 0.333. The van der Waals surface area contributed by atoms with E-state index in [2.05, 4.69) is 0 Å². The van der Waals surface area contributed by atoms with Crippen LogP contribution in [0.25, 0.3) is 0 Å². The van der Waals surface area contributed by atoms with Crippen molar-refractivity contribution >= 4 is 0 Å². The highest BCUT2D eigenvalue weighted by Crippen LogP contribution is 1.83. The normalized spacial score (nSPS) is 11.7.